The van der Waals surface area contributed by atoms with Crippen LogP contribution in [0.2, 0.25) is 0 Å². The molecule has 44 heavy (non-hydrogen) atoms. The number of benzene rings is 5. The molecular formula is C37H33N3O3S. The third-order valence-corrected chi connectivity index (χ3v) is 11.3. The second kappa shape index (κ2) is 10.5. The number of hydrogen-bond acceptors (Lipinski definition) is 4. The molecule has 2 saturated carbocycles. The lowest BCUT2D eigenvalue weighted by Crippen LogP contribution is -2.35. The van der Waals surface area contributed by atoms with Crippen LogP contribution in [0, 0.1) is 17.8 Å². The molecule has 2 fully saturated rings. The van der Waals surface area contributed by atoms with Crippen LogP contribution >= 0.6 is 0 Å². The van der Waals surface area contributed by atoms with Gasteiger partial charge in [-0.2, -0.15) is 0 Å². The van der Waals surface area contributed by atoms with Gasteiger partial charge in [-0.25, -0.2) is 8.42 Å². The van der Waals surface area contributed by atoms with E-state index in [4.69, 9.17) is 0 Å². The molecule has 8 rings (SSSR count). The van der Waals surface area contributed by atoms with Gasteiger partial charge in [-0.1, -0.05) is 66.7 Å². The molecule has 0 saturated heterocycles. The van der Waals surface area contributed by atoms with E-state index < -0.39 is 10.0 Å². The predicted octanol–water partition coefficient (Wildman–Crippen LogP) is 8.19. The van der Waals surface area contributed by atoms with E-state index in [1.54, 1.807) is 18.2 Å². The van der Waals surface area contributed by atoms with Gasteiger partial charge in [0.15, 0.2) is 0 Å². The zero-order valence-electron chi connectivity index (χ0n) is 24.1. The summed E-state index contributed by atoms with van der Waals surface area (Å²) in [6, 6.07) is 36.5. The monoisotopic (exact) mass is 599 g/mol. The van der Waals surface area contributed by atoms with E-state index >= 15 is 0 Å². The average Bonchev–Trinajstić information content (AvgIpc) is 3.68. The van der Waals surface area contributed by atoms with Crippen molar-refractivity contribution in [1.29, 1.82) is 0 Å². The summed E-state index contributed by atoms with van der Waals surface area (Å²) in [5.41, 5.74) is 5.38. The first-order valence-corrected chi connectivity index (χ1v) is 16.8. The maximum atomic E-state index is 13.4. The van der Waals surface area contributed by atoms with E-state index in [1.807, 2.05) is 42.5 Å². The lowest BCUT2D eigenvalue weighted by molar-refractivity contribution is 0.102. The van der Waals surface area contributed by atoms with Crippen molar-refractivity contribution < 1.29 is 13.2 Å². The molecule has 5 atom stereocenters. The normalized spacial score (nSPS) is 23.4. The van der Waals surface area contributed by atoms with Crippen LogP contribution in [0.1, 0.15) is 52.7 Å². The third kappa shape index (κ3) is 4.63. The summed E-state index contributed by atoms with van der Waals surface area (Å²) in [5.74, 6) is 2.13. The molecule has 7 heteroatoms. The van der Waals surface area contributed by atoms with Crippen LogP contribution in [0.25, 0.3) is 10.8 Å². The van der Waals surface area contributed by atoms with Crippen LogP contribution in [0.4, 0.5) is 17.1 Å². The smallest absolute Gasteiger partial charge is 0.261 e. The van der Waals surface area contributed by atoms with Gasteiger partial charge in [0.05, 0.1) is 16.6 Å². The molecule has 3 aliphatic rings. The van der Waals surface area contributed by atoms with E-state index in [-0.39, 0.29) is 16.8 Å². The van der Waals surface area contributed by atoms with E-state index in [0.717, 1.165) is 16.5 Å². The molecule has 1 heterocycles. The highest BCUT2D eigenvalue weighted by atomic mass is 32.2. The summed E-state index contributed by atoms with van der Waals surface area (Å²) in [4.78, 5) is 13.5. The topological polar surface area (TPSA) is 87.3 Å². The predicted molar refractivity (Wildman–Crippen MR) is 175 cm³/mol. The fraction of sp³-hybridized carbons (Fsp3) is 0.216. The quantitative estimate of drug-likeness (QED) is 0.184. The Morgan fingerprint density at radius 2 is 1.52 bits per heavy atom. The fourth-order valence-electron chi connectivity index (χ4n) is 8.06. The Balaban J connectivity index is 1.01. The Morgan fingerprint density at radius 3 is 2.36 bits per heavy atom. The van der Waals surface area contributed by atoms with Crippen LogP contribution < -0.4 is 15.4 Å². The molecule has 0 spiro atoms. The number of amides is 1. The molecule has 2 bridgehead atoms. The lowest BCUT2D eigenvalue weighted by Gasteiger charge is -2.43. The van der Waals surface area contributed by atoms with E-state index in [1.165, 1.54) is 42.5 Å². The molecule has 2 aliphatic carbocycles. The Hall–Kier alpha value is -4.62. The number of carbonyl (C=O) groups excluding carboxylic acids is 1. The molecule has 6 nitrogen and oxygen atoms in total. The van der Waals surface area contributed by atoms with Gasteiger partial charge in [0, 0.05) is 22.3 Å². The van der Waals surface area contributed by atoms with Crippen LogP contribution in [-0.4, -0.2) is 14.3 Å². The van der Waals surface area contributed by atoms with Gasteiger partial charge >= 0.3 is 0 Å². The van der Waals surface area contributed by atoms with Gasteiger partial charge in [-0.05, 0) is 108 Å². The number of fused-ring (bicyclic) bond motifs is 8. The first-order chi connectivity index (χ1) is 21.4. The molecule has 0 aromatic heterocycles. The Bertz CT molecular complexity index is 1990. The summed E-state index contributed by atoms with van der Waals surface area (Å²) in [5, 5.41) is 8.59. The van der Waals surface area contributed by atoms with E-state index in [9.17, 15) is 13.2 Å². The average molecular weight is 600 g/mol. The van der Waals surface area contributed by atoms with Crippen LogP contribution in [0.5, 0.6) is 0 Å². The number of nitrogens with one attached hydrogen (secondary N) is 3. The first-order valence-electron chi connectivity index (χ1n) is 15.3. The molecule has 3 N–H and O–H groups in total. The third-order valence-electron chi connectivity index (χ3n) is 9.96. The van der Waals surface area contributed by atoms with E-state index in [0.29, 0.717) is 40.6 Å². The molecule has 5 aromatic rings. The zero-order valence-corrected chi connectivity index (χ0v) is 24.9. The highest BCUT2D eigenvalue weighted by Crippen LogP contribution is 2.63. The number of hydrogen-bond donors (Lipinski definition) is 3. The van der Waals surface area contributed by atoms with E-state index in [2.05, 4.69) is 57.8 Å². The van der Waals surface area contributed by atoms with Crippen LogP contribution in [-0.2, 0) is 10.0 Å². The second-order valence-electron chi connectivity index (χ2n) is 12.4. The van der Waals surface area contributed by atoms with Crippen molar-refractivity contribution in [2.24, 2.45) is 17.8 Å². The van der Waals surface area contributed by atoms with Crippen molar-refractivity contribution in [2.75, 3.05) is 15.4 Å². The lowest BCUT2D eigenvalue weighted by atomic mass is 9.68. The molecule has 1 amide bonds. The molecular weight excluding hydrogens is 566 g/mol. The van der Waals surface area contributed by atoms with Crippen molar-refractivity contribution in [3.63, 3.8) is 0 Å². The molecule has 1 aliphatic heterocycles. The summed E-state index contributed by atoms with van der Waals surface area (Å²) in [6.07, 6.45) is 3.81. The second-order valence-corrected chi connectivity index (χ2v) is 14.1. The molecule has 0 radical (unpaired) electrons. The van der Waals surface area contributed by atoms with Gasteiger partial charge in [-0.15, -0.1) is 0 Å². The van der Waals surface area contributed by atoms with Gasteiger partial charge in [-0.3, -0.25) is 9.52 Å². The molecule has 220 valence electrons. The van der Waals surface area contributed by atoms with Crippen molar-refractivity contribution in [2.45, 2.75) is 36.1 Å². The van der Waals surface area contributed by atoms with Crippen molar-refractivity contribution in [3.05, 3.63) is 132 Å². The summed E-state index contributed by atoms with van der Waals surface area (Å²) in [6.45, 7) is 0. The number of carbonyl (C=O) groups is 1. The van der Waals surface area contributed by atoms with Crippen molar-refractivity contribution >= 4 is 43.8 Å². The van der Waals surface area contributed by atoms with Gasteiger partial charge in [0.2, 0.25) is 0 Å². The molecule has 5 aromatic carbocycles. The maximum Gasteiger partial charge on any atom is 0.261 e. The number of rotatable bonds is 6. The fourth-order valence-corrected chi connectivity index (χ4v) is 9.14. The Kier molecular flexibility index (Phi) is 6.45. The van der Waals surface area contributed by atoms with Gasteiger partial charge in [0.1, 0.15) is 0 Å². The Morgan fingerprint density at radius 1 is 0.773 bits per heavy atom. The van der Waals surface area contributed by atoms with Gasteiger partial charge < -0.3 is 10.6 Å². The maximum absolute atomic E-state index is 13.4. The minimum absolute atomic E-state index is 0.124. The summed E-state index contributed by atoms with van der Waals surface area (Å²) < 4.78 is 29.1. The van der Waals surface area contributed by atoms with Gasteiger partial charge in [0.25, 0.3) is 15.9 Å². The largest absolute Gasteiger partial charge is 0.378 e. The summed E-state index contributed by atoms with van der Waals surface area (Å²) in [7, 11) is -3.82. The number of anilines is 3. The highest BCUT2D eigenvalue weighted by molar-refractivity contribution is 7.92. The molecule has 0 unspecified atom stereocenters. The zero-order chi connectivity index (χ0) is 29.8. The highest BCUT2D eigenvalue weighted by Gasteiger charge is 2.53. The van der Waals surface area contributed by atoms with Crippen LogP contribution in [0.15, 0.2) is 120 Å². The minimum atomic E-state index is -3.82. The first kappa shape index (κ1) is 27.0. The van der Waals surface area contributed by atoms with Crippen LogP contribution in [0.3, 0.4) is 0 Å². The van der Waals surface area contributed by atoms with Crippen molar-refractivity contribution in [3.8, 4) is 0 Å². The van der Waals surface area contributed by atoms with Crippen molar-refractivity contribution in [1.82, 2.24) is 0 Å². The number of sulfonamides is 1. The standard InChI is InChI=1S/C37H33N3O3S/c41-37(38-28-16-18-29(19-17-28)44(42,43)40-33-12-6-10-23-7-4-5-11-30(23)33)27-15-20-32-31(22-27)34-25-13-14-26(21-25)35(34)36(39-32)24-8-2-1-3-9-24/h1-12,15-20,22,25-26,34-36,39-40H,13-14,21H2,(H,38,41)/t25-,26-,34-,35+,36+/m0/s1. The minimum Gasteiger partial charge on any atom is -0.378 e. The summed E-state index contributed by atoms with van der Waals surface area (Å²) >= 11 is 0. The SMILES string of the molecule is O=C(Nc1ccc(S(=O)(=O)Nc2cccc3ccccc23)cc1)c1ccc2c(c1)[C@@H]1[C@H]3CC[C@@H](C3)[C@H]1[C@@H](c1ccccc1)N2. The Labute approximate surface area is 257 Å².